The van der Waals surface area contributed by atoms with Crippen LogP contribution in [0.25, 0.3) is 0 Å². The third-order valence-electron chi connectivity index (χ3n) is 1.45. The fourth-order valence-electron chi connectivity index (χ4n) is 0.942. The first-order chi connectivity index (χ1) is 4.88. The lowest BCUT2D eigenvalue weighted by molar-refractivity contribution is -0.120. The van der Waals surface area contributed by atoms with E-state index in [-0.39, 0.29) is 11.8 Å². The first-order valence-corrected chi connectivity index (χ1v) is 2.95. The summed E-state index contributed by atoms with van der Waals surface area (Å²) in [5.74, 6) is 0.288. The molecule has 0 spiro atoms. The molecule has 10 heavy (non-hydrogen) atoms. The molecule has 0 aromatic carbocycles. The molecule has 2 rings (SSSR count). The predicted molar refractivity (Wildman–Crippen MR) is 36.7 cm³/mol. The molecule has 4 nitrogen and oxygen atoms in total. The molecule has 4 heteroatoms. The van der Waals surface area contributed by atoms with Gasteiger partial charge in [-0.1, -0.05) is 0 Å². The van der Waals surface area contributed by atoms with Gasteiger partial charge >= 0.3 is 0 Å². The minimum Gasteiger partial charge on any atom is -0.316 e. The van der Waals surface area contributed by atoms with Crippen LogP contribution in [0.4, 0.5) is 0 Å². The number of amides is 1. The normalized spacial score (nSPS) is 27.8. The molecule has 0 bridgehead atoms. The lowest BCUT2D eigenvalue weighted by Gasteiger charge is -2.10. The van der Waals surface area contributed by atoms with Crippen LogP contribution in [0.15, 0.2) is 22.3 Å². The maximum Gasteiger partial charge on any atom is 0.239 e. The van der Waals surface area contributed by atoms with Crippen molar-refractivity contribution in [2.45, 2.75) is 0 Å². The van der Waals surface area contributed by atoms with Gasteiger partial charge in [0.25, 0.3) is 0 Å². The van der Waals surface area contributed by atoms with Crippen molar-refractivity contribution in [2.24, 2.45) is 15.9 Å². The van der Waals surface area contributed by atoms with E-state index in [1.54, 1.807) is 12.3 Å². The molecule has 50 valence electrons. The quantitative estimate of drug-likeness (QED) is 0.486. The Morgan fingerprint density at radius 3 is 3.30 bits per heavy atom. The van der Waals surface area contributed by atoms with E-state index in [2.05, 4.69) is 15.3 Å². The molecule has 2 heterocycles. The molecule has 0 aromatic rings. The van der Waals surface area contributed by atoms with Crippen molar-refractivity contribution in [1.29, 1.82) is 0 Å². The van der Waals surface area contributed by atoms with Crippen LogP contribution in [0.3, 0.4) is 0 Å². The maximum atomic E-state index is 10.9. The fourth-order valence-corrected chi connectivity index (χ4v) is 0.942. The summed E-state index contributed by atoms with van der Waals surface area (Å²) in [5, 5.41) is 2.49. The molecule has 0 saturated carbocycles. The highest BCUT2D eigenvalue weighted by Gasteiger charge is 2.25. The average Bonchev–Trinajstić information content (AvgIpc) is 2.36. The molecule has 1 unspecified atom stereocenters. The van der Waals surface area contributed by atoms with Crippen LogP contribution in [0.2, 0.25) is 0 Å². The lowest BCUT2D eigenvalue weighted by atomic mass is 10.1. The molecule has 2 aliphatic rings. The number of nitrogens with zero attached hydrogens (tertiary/aromatic N) is 2. The number of fused-ring (bicyclic) bond motifs is 1. The van der Waals surface area contributed by atoms with E-state index in [0.29, 0.717) is 5.84 Å². The van der Waals surface area contributed by atoms with Gasteiger partial charge in [0.2, 0.25) is 5.91 Å². The number of carbonyl (C=O) groups excluding carboxylic acids is 1. The van der Waals surface area contributed by atoms with Crippen molar-refractivity contribution >= 4 is 18.1 Å². The van der Waals surface area contributed by atoms with Crippen LogP contribution < -0.4 is 5.32 Å². The van der Waals surface area contributed by atoms with Crippen molar-refractivity contribution in [3.63, 3.8) is 0 Å². The van der Waals surface area contributed by atoms with Gasteiger partial charge in [0, 0.05) is 6.20 Å². The molecule has 0 aliphatic carbocycles. The molecular formula is C6H5N3O. The van der Waals surface area contributed by atoms with Crippen molar-refractivity contribution in [3.8, 4) is 0 Å². The highest BCUT2D eigenvalue weighted by atomic mass is 16.2. The van der Waals surface area contributed by atoms with Crippen LogP contribution in [-0.4, -0.2) is 18.1 Å². The molecule has 1 amide bonds. The summed E-state index contributed by atoms with van der Waals surface area (Å²) in [5.41, 5.74) is 0. The number of amidine groups is 1. The van der Waals surface area contributed by atoms with Gasteiger partial charge in [0.05, 0.1) is 6.34 Å². The van der Waals surface area contributed by atoms with E-state index in [1.807, 2.05) is 0 Å². The second kappa shape index (κ2) is 1.76. The smallest absolute Gasteiger partial charge is 0.239 e. The molecule has 0 fully saturated rings. The number of carbonyl (C=O) groups is 1. The van der Waals surface area contributed by atoms with E-state index in [1.165, 1.54) is 6.34 Å². The standard InChI is InChI=1S/C6H5N3O/c10-6-4-1-2-7-5(4)8-3-9-6/h1-4H,(H,7,8,9,10). The number of aliphatic imine (C=N–C) groups is 2. The first-order valence-electron chi connectivity index (χ1n) is 2.95. The summed E-state index contributed by atoms with van der Waals surface area (Å²) in [4.78, 5) is 18.7. The van der Waals surface area contributed by atoms with Crippen molar-refractivity contribution in [1.82, 2.24) is 5.32 Å². The molecule has 2 aliphatic heterocycles. The molecule has 0 saturated heterocycles. The summed E-state index contributed by atoms with van der Waals surface area (Å²) < 4.78 is 0. The van der Waals surface area contributed by atoms with E-state index in [9.17, 15) is 4.79 Å². The molecule has 0 radical (unpaired) electrons. The van der Waals surface area contributed by atoms with Crippen molar-refractivity contribution in [3.05, 3.63) is 12.3 Å². The number of hydrogen-bond acceptors (Lipinski definition) is 3. The van der Waals surface area contributed by atoms with Crippen LogP contribution >= 0.6 is 0 Å². The van der Waals surface area contributed by atoms with Gasteiger partial charge in [-0.25, -0.2) is 9.98 Å². The Morgan fingerprint density at radius 2 is 2.50 bits per heavy atom. The second-order valence-electron chi connectivity index (χ2n) is 2.07. The largest absolute Gasteiger partial charge is 0.316 e. The summed E-state index contributed by atoms with van der Waals surface area (Å²) >= 11 is 0. The first kappa shape index (κ1) is 5.34. The Balaban J connectivity index is 2.41. The molecule has 1 N–H and O–H groups in total. The third kappa shape index (κ3) is 0.586. The molecule has 0 aromatic heterocycles. The number of hydrogen-bond donors (Lipinski definition) is 1. The summed E-state index contributed by atoms with van der Waals surface area (Å²) in [6.07, 6.45) is 4.69. The fraction of sp³-hybridized carbons (Fsp3) is 0.167. The SMILES string of the molecule is O=C1NC=NC2=NC=CC12. The maximum absolute atomic E-state index is 10.9. The Kier molecular flexibility index (Phi) is 0.943. The highest BCUT2D eigenvalue weighted by molar-refractivity contribution is 6.14. The zero-order chi connectivity index (χ0) is 6.97. The van der Waals surface area contributed by atoms with Crippen LogP contribution in [-0.2, 0) is 4.79 Å². The van der Waals surface area contributed by atoms with Crippen molar-refractivity contribution < 1.29 is 4.79 Å². The van der Waals surface area contributed by atoms with E-state index < -0.39 is 0 Å². The predicted octanol–water partition coefficient (Wildman–Crippen LogP) is -0.314. The summed E-state index contributed by atoms with van der Waals surface area (Å²) in [6.45, 7) is 0. The van der Waals surface area contributed by atoms with E-state index in [0.717, 1.165) is 0 Å². The zero-order valence-electron chi connectivity index (χ0n) is 5.11. The Labute approximate surface area is 57.4 Å². The zero-order valence-corrected chi connectivity index (χ0v) is 5.11. The Morgan fingerprint density at radius 1 is 1.60 bits per heavy atom. The van der Waals surface area contributed by atoms with Gasteiger partial charge in [0.1, 0.15) is 11.8 Å². The summed E-state index contributed by atoms with van der Waals surface area (Å²) in [7, 11) is 0. The van der Waals surface area contributed by atoms with E-state index in [4.69, 9.17) is 0 Å². The number of rotatable bonds is 0. The third-order valence-corrected chi connectivity index (χ3v) is 1.45. The Bertz CT molecular complexity index is 264. The topological polar surface area (TPSA) is 53.8 Å². The van der Waals surface area contributed by atoms with Gasteiger partial charge in [-0.2, -0.15) is 0 Å². The van der Waals surface area contributed by atoms with Crippen LogP contribution in [0.1, 0.15) is 0 Å². The molecule has 1 atom stereocenters. The second-order valence-corrected chi connectivity index (χ2v) is 2.07. The lowest BCUT2D eigenvalue weighted by Crippen LogP contribution is -2.36. The van der Waals surface area contributed by atoms with Gasteiger partial charge < -0.3 is 5.32 Å². The van der Waals surface area contributed by atoms with Gasteiger partial charge in [-0.3, -0.25) is 4.79 Å². The average molecular weight is 135 g/mol. The van der Waals surface area contributed by atoms with Gasteiger partial charge in [-0.05, 0) is 6.08 Å². The minimum absolute atomic E-state index is 0.0532. The molecular weight excluding hydrogens is 130 g/mol. The Hall–Kier alpha value is -1.45. The van der Waals surface area contributed by atoms with Gasteiger partial charge in [-0.15, -0.1) is 0 Å². The van der Waals surface area contributed by atoms with E-state index >= 15 is 0 Å². The minimum atomic E-state index is -0.245. The van der Waals surface area contributed by atoms with Crippen LogP contribution in [0.5, 0.6) is 0 Å². The monoisotopic (exact) mass is 135 g/mol. The summed E-state index contributed by atoms with van der Waals surface area (Å²) in [6, 6.07) is 0. The number of nitrogens with one attached hydrogen (secondary N) is 1. The highest BCUT2D eigenvalue weighted by Crippen LogP contribution is 2.12. The van der Waals surface area contributed by atoms with Crippen LogP contribution in [0, 0.1) is 5.92 Å². The van der Waals surface area contributed by atoms with Crippen molar-refractivity contribution in [2.75, 3.05) is 0 Å². The van der Waals surface area contributed by atoms with Gasteiger partial charge in [0.15, 0.2) is 0 Å².